The van der Waals surface area contributed by atoms with E-state index < -0.39 is 24.4 Å². The molecule has 1 unspecified atom stereocenters. The minimum Gasteiger partial charge on any atom is -0.452 e. The van der Waals surface area contributed by atoms with Gasteiger partial charge in [0.15, 0.2) is 6.61 Å². The van der Waals surface area contributed by atoms with Gasteiger partial charge >= 0.3 is 5.97 Å². The monoisotopic (exact) mass is 594 g/mol. The van der Waals surface area contributed by atoms with E-state index in [1.807, 2.05) is 47.8 Å². The van der Waals surface area contributed by atoms with Gasteiger partial charge in [0.2, 0.25) is 0 Å². The van der Waals surface area contributed by atoms with Gasteiger partial charge in [-0.05, 0) is 82.0 Å². The van der Waals surface area contributed by atoms with Crippen molar-refractivity contribution in [2.75, 3.05) is 6.61 Å². The molecule has 0 bridgehead atoms. The zero-order chi connectivity index (χ0) is 30.9. The van der Waals surface area contributed by atoms with Crippen molar-refractivity contribution in [2.24, 2.45) is 11.3 Å². The highest BCUT2D eigenvalue weighted by atomic mass is 32.1. The summed E-state index contributed by atoms with van der Waals surface area (Å²) in [5.74, 6) is -1.55. The number of hydrogen-bond donors (Lipinski definition) is 1. The highest BCUT2D eigenvalue weighted by molar-refractivity contribution is 7.10. The molecule has 5 rings (SSSR count). The number of aromatic nitrogens is 1. The van der Waals surface area contributed by atoms with Crippen LogP contribution in [0.4, 0.5) is 0 Å². The van der Waals surface area contributed by atoms with Gasteiger partial charge in [0.05, 0.1) is 16.8 Å². The summed E-state index contributed by atoms with van der Waals surface area (Å²) in [7, 11) is 0. The number of carbonyl (C=O) groups is 3. The maximum Gasteiger partial charge on any atom is 0.339 e. The smallest absolute Gasteiger partial charge is 0.339 e. The lowest BCUT2D eigenvalue weighted by Gasteiger charge is -2.36. The first kappa shape index (κ1) is 30.4. The number of nitrogens with one attached hydrogen (secondary N) is 1. The summed E-state index contributed by atoms with van der Waals surface area (Å²) in [6.07, 6.45) is 3.68. The highest BCUT2D eigenvalue weighted by Crippen LogP contribution is 2.45. The number of hydrogen-bond acceptors (Lipinski definition) is 6. The lowest BCUT2D eigenvalue weighted by atomic mass is 9.69. The van der Waals surface area contributed by atoms with Crippen LogP contribution in [0.3, 0.4) is 0 Å². The topological polar surface area (TPSA) is 85.4 Å². The minimum atomic E-state index is -0.684. The van der Waals surface area contributed by atoms with Gasteiger partial charge in [-0.1, -0.05) is 77.9 Å². The Bertz CT molecular complexity index is 1710. The van der Waals surface area contributed by atoms with Gasteiger partial charge in [-0.25, -0.2) is 9.78 Å². The number of para-hydroxylation sites is 1. The number of imide groups is 1. The fourth-order valence-corrected chi connectivity index (χ4v) is 6.16. The Morgan fingerprint density at radius 1 is 0.953 bits per heavy atom. The maximum atomic E-state index is 13.8. The average molecular weight is 595 g/mol. The van der Waals surface area contributed by atoms with Crippen LogP contribution in [0.5, 0.6) is 0 Å². The van der Waals surface area contributed by atoms with Gasteiger partial charge in [-0.15, -0.1) is 11.3 Å². The molecule has 0 saturated heterocycles. The zero-order valence-corrected chi connectivity index (χ0v) is 26.4. The summed E-state index contributed by atoms with van der Waals surface area (Å²) in [4.78, 5) is 45.4. The molecule has 6 nitrogen and oxygen atoms in total. The lowest BCUT2D eigenvalue weighted by molar-refractivity contribution is -0.123. The molecule has 2 aromatic carbocycles. The molecule has 1 aliphatic carbocycles. The summed E-state index contributed by atoms with van der Waals surface area (Å²) >= 11 is 1.66. The van der Waals surface area contributed by atoms with E-state index in [4.69, 9.17) is 9.72 Å². The van der Waals surface area contributed by atoms with E-state index in [1.54, 1.807) is 23.5 Å². The number of carbonyl (C=O) groups excluding carboxylic acids is 3. The van der Waals surface area contributed by atoms with E-state index in [1.165, 1.54) is 0 Å². The Morgan fingerprint density at radius 2 is 1.67 bits per heavy atom. The fourth-order valence-electron chi connectivity index (χ4n) is 5.47. The SMILES string of the molecule is CC(C)(C)c1ccc(C(=O)NC(=O)COC(=O)c2c3c(nc4ccccc24)/C(=C\c2cccs2)CC(C(C)(C)C)C3)cc1. The van der Waals surface area contributed by atoms with Crippen LogP contribution in [0, 0.1) is 11.3 Å². The number of thiophene rings is 1. The van der Waals surface area contributed by atoms with Crippen molar-refractivity contribution in [3.8, 4) is 0 Å². The Labute approximate surface area is 257 Å². The number of allylic oxidation sites excluding steroid dienone is 1. The summed E-state index contributed by atoms with van der Waals surface area (Å²) in [6, 6.07) is 18.8. The molecule has 2 heterocycles. The maximum absolute atomic E-state index is 13.8. The first-order chi connectivity index (χ1) is 20.3. The Balaban J connectivity index is 1.42. The number of pyridine rings is 1. The number of rotatable bonds is 5. The third-order valence-corrected chi connectivity index (χ3v) is 8.92. The van der Waals surface area contributed by atoms with Gasteiger partial charge in [-0.3, -0.25) is 14.9 Å². The van der Waals surface area contributed by atoms with Crippen LogP contribution in [0.1, 0.15) is 90.4 Å². The molecule has 7 heteroatoms. The van der Waals surface area contributed by atoms with E-state index in [0.29, 0.717) is 28.5 Å². The number of fused-ring (bicyclic) bond motifs is 2. The van der Waals surface area contributed by atoms with Crippen LogP contribution < -0.4 is 5.32 Å². The van der Waals surface area contributed by atoms with Crippen LogP contribution in [0.15, 0.2) is 66.0 Å². The van der Waals surface area contributed by atoms with E-state index in [9.17, 15) is 14.4 Å². The average Bonchev–Trinajstić information content (AvgIpc) is 3.47. The number of amides is 2. The van der Waals surface area contributed by atoms with Crippen molar-refractivity contribution in [1.82, 2.24) is 10.3 Å². The third kappa shape index (κ3) is 6.78. The third-order valence-electron chi connectivity index (χ3n) is 8.10. The molecule has 43 heavy (non-hydrogen) atoms. The molecule has 0 fully saturated rings. The highest BCUT2D eigenvalue weighted by Gasteiger charge is 2.35. The predicted molar refractivity (Wildman–Crippen MR) is 173 cm³/mol. The van der Waals surface area contributed by atoms with Crippen molar-refractivity contribution in [1.29, 1.82) is 0 Å². The van der Waals surface area contributed by atoms with Gasteiger partial charge in [-0.2, -0.15) is 0 Å². The second kappa shape index (κ2) is 11.9. The normalized spacial score (nSPS) is 16.1. The van der Waals surface area contributed by atoms with Gasteiger partial charge < -0.3 is 4.74 Å². The second-order valence-corrected chi connectivity index (χ2v) is 14.2. The van der Waals surface area contributed by atoms with Crippen LogP contribution in [-0.4, -0.2) is 29.4 Å². The van der Waals surface area contributed by atoms with Crippen LogP contribution in [-0.2, 0) is 21.4 Å². The van der Waals surface area contributed by atoms with Gasteiger partial charge in [0.25, 0.3) is 11.8 Å². The summed E-state index contributed by atoms with van der Waals surface area (Å²) in [5.41, 5.74) is 5.24. The number of ether oxygens (including phenoxy) is 1. The van der Waals surface area contributed by atoms with E-state index in [0.717, 1.165) is 33.7 Å². The molecule has 1 N–H and O–H groups in total. The van der Waals surface area contributed by atoms with Crippen molar-refractivity contribution in [3.05, 3.63) is 98.9 Å². The Kier molecular flexibility index (Phi) is 8.39. The van der Waals surface area contributed by atoms with Gasteiger partial charge in [0, 0.05) is 15.8 Å². The zero-order valence-electron chi connectivity index (χ0n) is 25.6. The summed E-state index contributed by atoms with van der Waals surface area (Å²) in [6.45, 7) is 12.4. The molecule has 1 aliphatic rings. The fraction of sp³-hybridized carbons (Fsp3) is 0.333. The first-order valence-electron chi connectivity index (χ1n) is 14.6. The molecule has 4 aromatic rings. The molecule has 0 aliphatic heterocycles. The molecule has 2 aromatic heterocycles. The van der Waals surface area contributed by atoms with Crippen LogP contribution in [0.25, 0.3) is 22.6 Å². The minimum absolute atomic E-state index is 0.00954. The molecular formula is C36H38N2O4S. The molecule has 222 valence electrons. The quantitative estimate of drug-likeness (QED) is 0.238. The van der Waals surface area contributed by atoms with Crippen LogP contribution in [0.2, 0.25) is 0 Å². The molecular weight excluding hydrogens is 556 g/mol. The van der Waals surface area contributed by atoms with Crippen LogP contribution >= 0.6 is 11.3 Å². The lowest BCUT2D eigenvalue weighted by Crippen LogP contribution is -2.34. The second-order valence-electron chi connectivity index (χ2n) is 13.3. The van der Waals surface area contributed by atoms with Gasteiger partial charge in [0.1, 0.15) is 0 Å². The first-order valence-corrected chi connectivity index (χ1v) is 15.5. The standard InChI is InChI=1S/C36H38N2O4S/c1-35(2,3)24-15-13-22(14-16-24)33(40)38-30(39)21-42-34(41)31-27-11-7-8-12-29(27)37-32-23(19-26-10-9-17-43-26)18-25(20-28(31)32)36(4,5)6/h7-17,19,25H,18,20-21H2,1-6H3,(H,38,39,40)/b23-19-. The summed E-state index contributed by atoms with van der Waals surface area (Å²) in [5, 5.41) is 5.08. The summed E-state index contributed by atoms with van der Waals surface area (Å²) < 4.78 is 5.58. The largest absolute Gasteiger partial charge is 0.452 e. The Hall–Kier alpha value is -4.10. The number of nitrogens with zero attached hydrogens (tertiary/aromatic N) is 1. The van der Waals surface area contributed by atoms with Crippen molar-refractivity contribution >= 4 is 51.7 Å². The van der Waals surface area contributed by atoms with E-state index in [2.05, 4.69) is 59.0 Å². The number of esters is 1. The molecule has 0 radical (unpaired) electrons. The Morgan fingerprint density at radius 3 is 2.33 bits per heavy atom. The predicted octanol–water partition coefficient (Wildman–Crippen LogP) is 7.86. The van der Waals surface area contributed by atoms with Crippen molar-refractivity contribution in [2.45, 2.75) is 59.8 Å². The van der Waals surface area contributed by atoms with E-state index >= 15 is 0 Å². The van der Waals surface area contributed by atoms with Crippen molar-refractivity contribution in [3.63, 3.8) is 0 Å². The molecule has 0 spiro atoms. The molecule has 0 saturated carbocycles. The molecule has 2 amide bonds. The number of benzene rings is 2. The van der Waals surface area contributed by atoms with E-state index in [-0.39, 0.29) is 16.7 Å². The molecule has 1 atom stereocenters. The van der Waals surface area contributed by atoms with Crippen molar-refractivity contribution < 1.29 is 19.1 Å².